The van der Waals surface area contributed by atoms with Gasteiger partial charge in [0.15, 0.2) is 5.60 Å². The molecule has 0 N–H and O–H groups in total. The minimum Gasteiger partial charge on any atom is -0.489 e. The molecule has 0 aliphatic rings. The molecule has 0 heterocycles. The van der Waals surface area contributed by atoms with Gasteiger partial charge in [0.25, 0.3) is 0 Å². The van der Waals surface area contributed by atoms with E-state index in [1.165, 1.54) is 0 Å². The fraction of sp³-hybridized carbons (Fsp3) is 0.292. The van der Waals surface area contributed by atoms with Crippen molar-refractivity contribution in [2.75, 3.05) is 6.61 Å². The first-order valence-electron chi connectivity index (χ1n) is 8.91. The molecule has 0 aliphatic carbocycles. The maximum atomic E-state index is 12.4. The molecule has 0 amide bonds. The van der Waals surface area contributed by atoms with E-state index < -0.39 is 11.0 Å². The zero-order valence-electron chi connectivity index (χ0n) is 16.4. The summed E-state index contributed by atoms with van der Waals surface area (Å²) in [7, 11) is 0. The van der Waals surface area contributed by atoms with Crippen molar-refractivity contribution in [1.82, 2.24) is 0 Å². The van der Waals surface area contributed by atoms with Gasteiger partial charge in [0.1, 0.15) is 12.4 Å². The summed E-state index contributed by atoms with van der Waals surface area (Å²) >= 11 is 0. The fourth-order valence-corrected chi connectivity index (χ4v) is 2.37. The molecular weight excluding hydrogens is 336 g/mol. The van der Waals surface area contributed by atoms with Crippen LogP contribution in [0.4, 0.5) is 0 Å². The minimum absolute atomic E-state index is 0.360. The van der Waals surface area contributed by atoms with Crippen LogP contribution in [0.1, 0.15) is 38.8 Å². The third-order valence-electron chi connectivity index (χ3n) is 4.03. The van der Waals surface area contributed by atoms with Crippen LogP contribution in [0, 0.1) is 17.8 Å². The third-order valence-corrected chi connectivity index (χ3v) is 4.03. The first-order valence-corrected chi connectivity index (χ1v) is 8.91. The maximum Gasteiger partial charge on any atom is 0.313 e. The van der Waals surface area contributed by atoms with Crippen LogP contribution < -0.4 is 4.74 Å². The summed E-state index contributed by atoms with van der Waals surface area (Å²) in [6.07, 6.45) is 9.65. The topological polar surface area (TPSA) is 35.5 Å². The van der Waals surface area contributed by atoms with E-state index in [0.717, 1.165) is 5.56 Å². The molecule has 0 aliphatic heterocycles. The third kappa shape index (κ3) is 5.49. The Balaban J connectivity index is 2.17. The highest BCUT2D eigenvalue weighted by Crippen LogP contribution is 2.34. The number of hydrogen-bond donors (Lipinski definition) is 0. The second-order valence-electron chi connectivity index (χ2n) is 7.44. The molecule has 0 aromatic heterocycles. The molecule has 0 bridgehead atoms. The monoisotopic (exact) mass is 362 g/mol. The number of terminal acetylenes is 1. The SMILES string of the molecule is C#CC(C)(OC(=O)C(C)(C)C)c1ccccc1OC/C=C/c1ccccc1. The van der Waals surface area contributed by atoms with Crippen LogP contribution >= 0.6 is 0 Å². The summed E-state index contributed by atoms with van der Waals surface area (Å²) in [6.45, 7) is 7.47. The van der Waals surface area contributed by atoms with Crippen LogP contribution in [0.2, 0.25) is 0 Å². The Morgan fingerprint density at radius 3 is 2.30 bits per heavy atom. The number of carbonyl (C=O) groups is 1. The van der Waals surface area contributed by atoms with Crippen molar-refractivity contribution in [3.8, 4) is 18.1 Å². The van der Waals surface area contributed by atoms with E-state index >= 15 is 0 Å². The van der Waals surface area contributed by atoms with Gasteiger partial charge < -0.3 is 9.47 Å². The van der Waals surface area contributed by atoms with Gasteiger partial charge in [0, 0.05) is 5.56 Å². The molecule has 2 aromatic rings. The smallest absolute Gasteiger partial charge is 0.313 e. The molecule has 2 aromatic carbocycles. The number of esters is 1. The van der Waals surface area contributed by atoms with E-state index in [1.807, 2.05) is 66.7 Å². The predicted molar refractivity (Wildman–Crippen MR) is 109 cm³/mol. The van der Waals surface area contributed by atoms with Gasteiger partial charge in [-0.05, 0) is 45.4 Å². The van der Waals surface area contributed by atoms with E-state index in [9.17, 15) is 4.79 Å². The second kappa shape index (κ2) is 8.60. The molecule has 0 fully saturated rings. The second-order valence-corrected chi connectivity index (χ2v) is 7.44. The lowest BCUT2D eigenvalue weighted by molar-refractivity contribution is -0.163. The van der Waals surface area contributed by atoms with Crippen molar-refractivity contribution in [1.29, 1.82) is 0 Å². The normalized spacial score (nSPS) is 13.6. The Bertz CT molecular complexity index is 838. The van der Waals surface area contributed by atoms with Crippen molar-refractivity contribution in [3.05, 3.63) is 71.8 Å². The van der Waals surface area contributed by atoms with Crippen LogP contribution in [0.3, 0.4) is 0 Å². The molecule has 2 rings (SSSR count). The lowest BCUT2D eigenvalue weighted by Gasteiger charge is -2.29. The van der Waals surface area contributed by atoms with Gasteiger partial charge in [-0.25, -0.2) is 0 Å². The van der Waals surface area contributed by atoms with Gasteiger partial charge in [0.05, 0.1) is 5.41 Å². The summed E-state index contributed by atoms with van der Waals surface area (Å²) in [4.78, 5) is 12.4. The van der Waals surface area contributed by atoms with Gasteiger partial charge in [0.2, 0.25) is 0 Å². The van der Waals surface area contributed by atoms with Crippen molar-refractivity contribution in [3.63, 3.8) is 0 Å². The number of benzene rings is 2. The van der Waals surface area contributed by atoms with Gasteiger partial charge >= 0.3 is 5.97 Å². The average Bonchev–Trinajstić information content (AvgIpc) is 2.65. The Morgan fingerprint density at radius 1 is 1.04 bits per heavy atom. The highest BCUT2D eigenvalue weighted by Gasteiger charge is 2.35. The van der Waals surface area contributed by atoms with E-state index in [0.29, 0.717) is 17.9 Å². The quantitative estimate of drug-likeness (QED) is 0.522. The van der Waals surface area contributed by atoms with Crippen LogP contribution in [-0.4, -0.2) is 12.6 Å². The Hall–Kier alpha value is -2.99. The predicted octanol–water partition coefficient (Wildman–Crippen LogP) is 5.22. The minimum atomic E-state index is -1.20. The highest BCUT2D eigenvalue weighted by molar-refractivity contribution is 5.76. The molecular formula is C24H26O3. The number of para-hydroxylation sites is 1. The lowest BCUT2D eigenvalue weighted by Crippen LogP contribution is -2.34. The lowest BCUT2D eigenvalue weighted by atomic mass is 9.93. The van der Waals surface area contributed by atoms with E-state index in [2.05, 4.69) is 5.92 Å². The largest absolute Gasteiger partial charge is 0.489 e. The van der Waals surface area contributed by atoms with Crippen molar-refractivity contribution in [2.45, 2.75) is 33.3 Å². The fourth-order valence-electron chi connectivity index (χ4n) is 2.37. The van der Waals surface area contributed by atoms with E-state index in [-0.39, 0.29) is 5.97 Å². The van der Waals surface area contributed by atoms with Crippen LogP contribution in [-0.2, 0) is 15.1 Å². The summed E-state index contributed by atoms with van der Waals surface area (Å²) in [6, 6.07) is 17.3. The molecule has 1 atom stereocenters. The summed E-state index contributed by atoms with van der Waals surface area (Å²) in [5.74, 6) is 2.85. The molecule has 3 heteroatoms. The van der Waals surface area contributed by atoms with Crippen molar-refractivity contribution < 1.29 is 14.3 Å². The van der Waals surface area contributed by atoms with Gasteiger partial charge in [-0.2, -0.15) is 0 Å². The summed E-state index contributed by atoms with van der Waals surface area (Å²) < 4.78 is 11.6. The van der Waals surface area contributed by atoms with Crippen molar-refractivity contribution >= 4 is 12.0 Å². The number of hydrogen-bond acceptors (Lipinski definition) is 3. The zero-order chi connectivity index (χ0) is 19.9. The van der Waals surface area contributed by atoms with Gasteiger partial charge in [-0.15, -0.1) is 6.42 Å². The van der Waals surface area contributed by atoms with Crippen LogP contribution in [0.5, 0.6) is 5.75 Å². The first-order chi connectivity index (χ1) is 12.8. The van der Waals surface area contributed by atoms with Crippen molar-refractivity contribution in [2.24, 2.45) is 5.41 Å². The summed E-state index contributed by atoms with van der Waals surface area (Å²) in [5, 5.41) is 0. The molecule has 1 unspecified atom stereocenters. The standard InChI is InChI=1S/C24H26O3/c1-6-24(5,27-22(25)23(2,3)4)20-16-10-11-17-21(20)26-18-12-15-19-13-8-7-9-14-19/h1,7-17H,18H2,2-5H3/b15-12+. The Morgan fingerprint density at radius 2 is 1.67 bits per heavy atom. The van der Waals surface area contributed by atoms with Crippen LogP contribution in [0.25, 0.3) is 6.08 Å². The Labute approximate surface area is 162 Å². The number of carbonyl (C=O) groups excluding carboxylic acids is 1. The molecule has 140 valence electrons. The first kappa shape index (κ1) is 20.3. The maximum absolute atomic E-state index is 12.4. The summed E-state index contributed by atoms with van der Waals surface area (Å²) in [5.41, 5.74) is -0.101. The van der Waals surface area contributed by atoms with Gasteiger partial charge in [-0.1, -0.05) is 60.5 Å². The zero-order valence-corrected chi connectivity index (χ0v) is 16.4. The van der Waals surface area contributed by atoms with Gasteiger partial charge in [-0.3, -0.25) is 4.79 Å². The number of rotatable bonds is 6. The molecule has 0 radical (unpaired) electrons. The average molecular weight is 362 g/mol. The van der Waals surface area contributed by atoms with E-state index in [1.54, 1.807) is 27.7 Å². The van der Waals surface area contributed by atoms with Crippen LogP contribution in [0.15, 0.2) is 60.7 Å². The number of ether oxygens (including phenoxy) is 2. The molecule has 27 heavy (non-hydrogen) atoms. The molecule has 0 saturated carbocycles. The Kier molecular flexibility index (Phi) is 6.47. The highest BCUT2D eigenvalue weighted by atomic mass is 16.6. The van der Waals surface area contributed by atoms with E-state index in [4.69, 9.17) is 15.9 Å². The molecule has 0 spiro atoms. The molecule has 3 nitrogen and oxygen atoms in total. The molecule has 0 saturated heterocycles.